The van der Waals surface area contributed by atoms with Crippen molar-refractivity contribution in [3.8, 4) is 0 Å². The van der Waals surface area contributed by atoms with Crippen molar-refractivity contribution in [3.63, 3.8) is 0 Å². The van der Waals surface area contributed by atoms with Crippen molar-refractivity contribution in [2.75, 3.05) is 20.1 Å². The standard InChI is InChI=1S/C17H28N6S/c1-5-6-10-18-17(19-13-16-21-20-14(2)23(16)4)22(3)11-9-15-8-7-12-24-15/h7-8,12H,5-6,9-11,13H2,1-4H3,(H,18,19). The first-order valence-corrected chi connectivity index (χ1v) is 9.36. The van der Waals surface area contributed by atoms with Gasteiger partial charge in [-0.1, -0.05) is 19.4 Å². The molecule has 2 rings (SSSR count). The summed E-state index contributed by atoms with van der Waals surface area (Å²) in [6, 6.07) is 4.28. The Morgan fingerprint density at radius 3 is 2.88 bits per heavy atom. The second kappa shape index (κ2) is 9.42. The van der Waals surface area contributed by atoms with E-state index >= 15 is 0 Å². The average molecular weight is 349 g/mol. The highest BCUT2D eigenvalue weighted by Crippen LogP contribution is 2.09. The molecule has 24 heavy (non-hydrogen) atoms. The Bertz CT molecular complexity index is 632. The highest BCUT2D eigenvalue weighted by atomic mass is 32.1. The summed E-state index contributed by atoms with van der Waals surface area (Å²) in [5.41, 5.74) is 0. The molecule has 1 N–H and O–H groups in total. The zero-order chi connectivity index (χ0) is 17.4. The molecule has 0 spiro atoms. The maximum Gasteiger partial charge on any atom is 0.194 e. The molecule has 0 radical (unpaired) electrons. The van der Waals surface area contributed by atoms with Crippen LogP contribution in [0.15, 0.2) is 22.5 Å². The van der Waals surface area contributed by atoms with Gasteiger partial charge in [-0.25, -0.2) is 4.99 Å². The van der Waals surface area contributed by atoms with Gasteiger partial charge in [-0.15, -0.1) is 21.5 Å². The van der Waals surface area contributed by atoms with E-state index in [1.807, 2.05) is 18.5 Å². The third-order valence-electron chi connectivity index (χ3n) is 4.00. The second-order valence-corrected chi connectivity index (χ2v) is 6.93. The lowest BCUT2D eigenvalue weighted by molar-refractivity contribution is 0.482. The lowest BCUT2D eigenvalue weighted by Crippen LogP contribution is -2.40. The van der Waals surface area contributed by atoms with Crippen molar-refractivity contribution in [1.29, 1.82) is 0 Å². The first kappa shape index (κ1) is 18.4. The Balaban J connectivity index is 1.98. The van der Waals surface area contributed by atoms with E-state index in [1.165, 1.54) is 11.3 Å². The van der Waals surface area contributed by atoms with Crippen molar-refractivity contribution >= 4 is 17.3 Å². The number of likely N-dealkylation sites (N-methyl/N-ethyl adjacent to an activating group) is 1. The SMILES string of the molecule is CCCCNC(=NCc1nnc(C)n1C)N(C)CCc1cccs1. The van der Waals surface area contributed by atoms with Gasteiger partial charge in [0.05, 0.1) is 0 Å². The number of guanidine groups is 1. The van der Waals surface area contributed by atoms with Gasteiger partial charge in [-0.2, -0.15) is 0 Å². The van der Waals surface area contributed by atoms with Gasteiger partial charge in [-0.05, 0) is 31.2 Å². The van der Waals surface area contributed by atoms with Crippen LogP contribution in [-0.4, -0.2) is 45.8 Å². The van der Waals surface area contributed by atoms with Crippen LogP contribution in [0.2, 0.25) is 0 Å². The molecule has 0 aliphatic carbocycles. The Hall–Kier alpha value is -1.89. The summed E-state index contributed by atoms with van der Waals surface area (Å²) in [6.45, 7) is 6.57. The number of thiophene rings is 1. The minimum absolute atomic E-state index is 0.537. The third-order valence-corrected chi connectivity index (χ3v) is 4.94. The van der Waals surface area contributed by atoms with Gasteiger partial charge in [0.25, 0.3) is 0 Å². The van der Waals surface area contributed by atoms with Gasteiger partial charge in [0, 0.05) is 32.1 Å². The summed E-state index contributed by atoms with van der Waals surface area (Å²) in [4.78, 5) is 8.35. The monoisotopic (exact) mass is 348 g/mol. The molecule has 132 valence electrons. The van der Waals surface area contributed by atoms with Crippen LogP contribution < -0.4 is 5.32 Å². The molecule has 0 saturated carbocycles. The number of hydrogen-bond acceptors (Lipinski definition) is 4. The predicted octanol–water partition coefficient (Wildman–Crippen LogP) is 2.61. The second-order valence-electron chi connectivity index (χ2n) is 5.89. The fraction of sp³-hybridized carbons (Fsp3) is 0.588. The number of aryl methyl sites for hydroxylation is 1. The van der Waals surface area contributed by atoms with E-state index in [0.717, 1.165) is 43.5 Å². The third kappa shape index (κ3) is 5.33. The smallest absolute Gasteiger partial charge is 0.194 e. The predicted molar refractivity (Wildman–Crippen MR) is 100 cm³/mol. The van der Waals surface area contributed by atoms with Gasteiger partial charge in [0.15, 0.2) is 11.8 Å². The summed E-state index contributed by atoms with van der Waals surface area (Å²) < 4.78 is 1.98. The first-order valence-electron chi connectivity index (χ1n) is 8.48. The lowest BCUT2D eigenvalue weighted by Gasteiger charge is -2.22. The van der Waals surface area contributed by atoms with E-state index in [1.54, 1.807) is 11.3 Å². The van der Waals surface area contributed by atoms with E-state index in [9.17, 15) is 0 Å². The number of aromatic nitrogens is 3. The number of nitrogens with zero attached hydrogens (tertiary/aromatic N) is 5. The van der Waals surface area contributed by atoms with Crippen molar-refractivity contribution in [3.05, 3.63) is 34.0 Å². The van der Waals surface area contributed by atoms with Crippen molar-refractivity contribution in [1.82, 2.24) is 25.0 Å². The quantitative estimate of drug-likeness (QED) is 0.453. The van der Waals surface area contributed by atoms with E-state index < -0.39 is 0 Å². The lowest BCUT2D eigenvalue weighted by atomic mass is 10.3. The van der Waals surface area contributed by atoms with E-state index in [4.69, 9.17) is 4.99 Å². The van der Waals surface area contributed by atoms with Gasteiger partial charge in [-0.3, -0.25) is 0 Å². The number of nitrogens with one attached hydrogen (secondary N) is 1. The van der Waals surface area contributed by atoms with Gasteiger partial charge in [0.1, 0.15) is 12.4 Å². The molecule has 0 amide bonds. The molecule has 7 heteroatoms. The van der Waals surface area contributed by atoms with Crippen LogP contribution in [0.25, 0.3) is 0 Å². The molecule has 0 saturated heterocycles. The van der Waals surface area contributed by atoms with Crippen LogP contribution in [0.5, 0.6) is 0 Å². The van der Waals surface area contributed by atoms with Crippen LogP contribution in [0.4, 0.5) is 0 Å². The molecule has 6 nitrogen and oxygen atoms in total. The number of unbranched alkanes of at least 4 members (excludes halogenated alkanes) is 1. The number of hydrogen-bond donors (Lipinski definition) is 1. The zero-order valence-electron chi connectivity index (χ0n) is 15.1. The van der Waals surface area contributed by atoms with Gasteiger partial charge in [0.2, 0.25) is 0 Å². The van der Waals surface area contributed by atoms with E-state index in [2.05, 4.69) is 51.9 Å². The minimum Gasteiger partial charge on any atom is -0.356 e. The highest BCUT2D eigenvalue weighted by molar-refractivity contribution is 7.09. The van der Waals surface area contributed by atoms with Crippen LogP contribution >= 0.6 is 11.3 Å². The summed E-state index contributed by atoms with van der Waals surface area (Å²) in [5, 5.41) is 13.9. The molecule has 0 bridgehead atoms. The van der Waals surface area contributed by atoms with Gasteiger partial charge >= 0.3 is 0 Å². The molecular formula is C17H28N6S. The first-order chi connectivity index (χ1) is 11.6. The maximum absolute atomic E-state index is 4.75. The molecule has 0 aliphatic heterocycles. The molecule has 2 heterocycles. The topological polar surface area (TPSA) is 58.3 Å². The van der Waals surface area contributed by atoms with Crippen LogP contribution in [0.1, 0.15) is 36.3 Å². The molecule has 0 aliphatic rings. The van der Waals surface area contributed by atoms with E-state index in [-0.39, 0.29) is 0 Å². The Labute approximate surface area is 148 Å². The Morgan fingerprint density at radius 2 is 2.25 bits per heavy atom. The summed E-state index contributed by atoms with van der Waals surface area (Å²) in [7, 11) is 4.07. The summed E-state index contributed by atoms with van der Waals surface area (Å²) in [6.07, 6.45) is 3.34. The molecule has 0 unspecified atom stereocenters. The van der Waals surface area contributed by atoms with Crippen molar-refractivity contribution in [2.45, 2.75) is 39.7 Å². The Kier molecular flexibility index (Phi) is 7.24. The molecule has 2 aromatic heterocycles. The largest absolute Gasteiger partial charge is 0.356 e. The highest BCUT2D eigenvalue weighted by Gasteiger charge is 2.09. The summed E-state index contributed by atoms with van der Waals surface area (Å²) in [5.74, 6) is 2.72. The normalized spacial score (nSPS) is 11.8. The number of rotatable bonds is 8. The van der Waals surface area contributed by atoms with Crippen molar-refractivity contribution < 1.29 is 0 Å². The molecule has 0 fully saturated rings. The number of aliphatic imine (C=N–C) groups is 1. The fourth-order valence-electron chi connectivity index (χ4n) is 2.26. The van der Waals surface area contributed by atoms with E-state index in [0.29, 0.717) is 6.54 Å². The molecule has 0 aromatic carbocycles. The average Bonchev–Trinajstić information content (AvgIpc) is 3.20. The maximum atomic E-state index is 4.75. The van der Waals surface area contributed by atoms with Gasteiger partial charge < -0.3 is 14.8 Å². The van der Waals surface area contributed by atoms with Crippen LogP contribution in [0, 0.1) is 6.92 Å². The fourth-order valence-corrected chi connectivity index (χ4v) is 2.96. The van der Waals surface area contributed by atoms with Crippen LogP contribution in [0.3, 0.4) is 0 Å². The zero-order valence-corrected chi connectivity index (χ0v) is 15.9. The Morgan fingerprint density at radius 1 is 1.42 bits per heavy atom. The molecule has 0 atom stereocenters. The van der Waals surface area contributed by atoms with Crippen LogP contribution in [-0.2, 0) is 20.0 Å². The molecule has 2 aromatic rings. The summed E-state index contributed by atoms with van der Waals surface area (Å²) >= 11 is 1.80. The minimum atomic E-state index is 0.537. The molecular weight excluding hydrogens is 320 g/mol. The van der Waals surface area contributed by atoms with Crippen molar-refractivity contribution in [2.24, 2.45) is 12.0 Å².